The first-order valence-corrected chi connectivity index (χ1v) is 13.5. The number of anilines is 2. The number of ether oxygens (including phenoxy) is 1. The van der Waals surface area contributed by atoms with Gasteiger partial charge in [0.1, 0.15) is 5.75 Å². The van der Waals surface area contributed by atoms with Crippen molar-refractivity contribution < 1.29 is 22.7 Å². The van der Waals surface area contributed by atoms with Gasteiger partial charge in [-0.3, -0.25) is 14.3 Å². The van der Waals surface area contributed by atoms with E-state index in [2.05, 4.69) is 26.0 Å². The Bertz CT molecular complexity index is 1590. The van der Waals surface area contributed by atoms with Crippen LogP contribution in [-0.2, 0) is 10.0 Å². The molecule has 0 aliphatic heterocycles. The van der Waals surface area contributed by atoms with Crippen molar-refractivity contribution >= 4 is 60.6 Å². The van der Waals surface area contributed by atoms with E-state index in [0.29, 0.717) is 20.8 Å². The molecule has 4 aromatic carbocycles. The summed E-state index contributed by atoms with van der Waals surface area (Å²) in [6.45, 7) is 0. The average molecular weight is 600 g/mol. The van der Waals surface area contributed by atoms with Gasteiger partial charge in [-0.1, -0.05) is 45.7 Å². The summed E-state index contributed by atoms with van der Waals surface area (Å²) < 4.78 is 33.7. The molecule has 0 unspecified atom stereocenters. The Balaban J connectivity index is 1.57. The van der Waals surface area contributed by atoms with Crippen molar-refractivity contribution in [3.8, 4) is 5.75 Å². The Hall–Kier alpha value is -3.66. The number of ketones is 1. The molecule has 0 atom stereocenters. The zero-order chi connectivity index (χ0) is 26.6. The van der Waals surface area contributed by atoms with Gasteiger partial charge in [-0.25, -0.2) is 8.42 Å². The molecule has 0 fully saturated rings. The van der Waals surface area contributed by atoms with Crippen molar-refractivity contribution in [3.05, 3.63) is 117 Å². The highest BCUT2D eigenvalue weighted by Gasteiger charge is 2.20. The Morgan fingerprint density at radius 3 is 2.30 bits per heavy atom. The molecule has 0 aromatic heterocycles. The summed E-state index contributed by atoms with van der Waals surface area (Å²) in [5, 5.41) is 3.04. The van der Waals surface area contributed by atoms with Crippen molar-refractivity contribution in [2.24, 2.45) is 0 Å². The summed E-state index contributed by atoms with van der Waals surface area (Å²) in [5.74, 6) is -0.359. The van der Waals surface area contributed by atoms with Gasteiger partial charge in [-0.2, -0.15) is 0 Å². The van der Waals surface area contributed by atoms with Crippen LogP contribution in [0.15, 0.2) is 100 Å². The van der Waals surface area contributed by atoms with Crippen molar-refractivity contribution in [3.63, 3.8) is 0 Å². The summed E-state index contributed by atoms with van der Waals surface area (Å²) in [6.07, 6.45) is 0. The van der Waals surface area contributed by atoms with E-state index in [-0.39, 0.29) is 33.2 Å². The van der Waals surface area contributed by atoms with Crippen molar-refractivity contribution in [1.82, 2.24) is 0 Å². The number of benzene rings is 4. The minimum Gasteiger partial charge on any atom is -0.497 e. The zero-order valence-electron chi connectivity index (χ0n) is 19.4. The molecular formula is C27H20BrClN2O5S. The summed E-state index contributed by atoms with van der Waals surface area (Å²) in [6, 6.07) is 23.5. The van der Waals surface area contributed by atoms with E-state index >= 15 is 0 Å². The standard InChI is InChI=1S/C27H20BrClN2O5S/c1-36-20-10-12-21(13-11-20)37(34,35)31-19-6-4-5-17(15-19)27(33)30-25-14-9-18(28)16-23(25)26(32)22-7-2-3-8-24(22)29/h2-16,31H,1H3,(H,30,33). The highest BCUT2D eigenvalue weighted by Crippen LogP contribution is 2.28. The number of nitrogens with one attached hydrogen (secondary N) is 2. The van der Waals surface area contributed by atoms with Crippen molar-refractivity contribution in [2.75, 3.05) is 17.1 Å². The summed E-state index contributed by atoms with van der Waals surface area (Å²) in [4.78, 5) is 26.3. The van der Waals surface area contributed by atoms with Gasteiger partial charge in [0, 0.05) is 26.9 Å². The molecule has 7 nitrogen and oxygen atoms in total. The Labute approximate surface area is 227 Å². The van der Waals surface area contributed by atoms with Crippen LogP contribution in [0.1, 0.15) is 26.3 Å². The molecule has 0 aliphatic carbocycles. The second kappa shape index (κ2) is 11.2. The average Bonchev–Trinajstić information content (AvgIpc) is 2.89. The van der Waals surface area contributed by atoms with Crippen LogP contribution in [0.2, 0.25) is 5.02 Å². The minimum atomic E-state index is -3.90. The molecule has 0 aliphatic rings. The fraction of sp³-hybridized carbons (Fsp3) is 0.0370. The van der Waals surface area contributed by atoms with Gasteiger partial charge in [-0.05, 0) is 72.8 Å². The molecule has 37 heavy (non-hydrogen) atoms. The van der Waals surface area contributed by atoms with Crippen LogP contribution in [0.3, 0.4) is 0 Å². The maximum absolute atomic E-state index is 13.2. The Morgan fingerprint density at radius 2 is 1.59 bits per heavy atom. The largest absolute Gasteiger partial charge is 0.497 e. The van der Waals surface area contributed by atoms with E-state index in [1.54, 1.807) is 48.5 Å². The zero-order valence-corrected chi connectivity index (χ0v) is 22.5. The van der Waals surface area contributed by atoms with Gasteiger partial charge in [0.25, 0.3) is 15.9 Å². The summed E-state index contributed by atoms with van der Waals surface area (Å²) in [7, 11) is -2.41. The monoisotopic (exact) mass is 598 g/mol. The molecule has 0 heterocycles. The number of amides is 1. The van der Waals surface area contributed by atoms with Gasteiger partial charge in [0.2, 0.25) is 0 Å². The van der Waals surface area contributed by atoms with Gasteiger partial charge >= 0.3 is 0 Å². The molecule has 2 N–H and O–H groups in total. The van der Waals surface area contributed by atoms with E-state index in [1.165, 1.54) is 49.6 Å². The SMILES string of the molecule is COc1ccc(S(=O)(=O)Nc2cccc(C(=O)Nc3ccc(Br)cc3C(=O)c3ccccc3Cl)c2)cc1. The third-order valence-corrected chi connectivity index (χ3v) is 7.56. The molecule has 0 spiro atoms. The van der Waals surface area contributed by atoms with E-state index in [9.17, 15) is 18.0 Å². The van der Waals surface area contributed by atoms with E-state index in [1.807, 2.05) is 0 Å². The van der Waals surface area contributed by atoms with Gasteiger partial charge < -0.3 is 10.1 Å². The molecule has 4 aromatic rings. The Kier molecular flexibility index (Phi) is 7.97. The smallest absolute Gasteiger partial charge is 0.261 e. The number of halogens is 2. The van der Waals surface area contributed by atoms with Gasteiger partial charge in [0.05, 0.1) is 22.7 Å². The quantitative estimate of drug-likeness (QED) is 0.228. The fourth-order valence-electron chi connectivity index (χ4n) is 3.49. The van der Waals surface area contributed by atoms with Crippen LogP contribution in [0.5, 0.6) is 5.75 Å². The first-order chi connectivity index (χ1) is 17.7. The number of hydrogen-bond acceptors (Lipinski definition) is 5. The summed E-state index contributed by atoms with van der Waals surface area (Å²) >= 11 is 9.57. The second-order valence-corrected chi connectivity index (χ2v) is 10.8. The van der Waals surface area contributed by atoms with Crippen LogP contribution < -0.4 is 14.8 Å². The maximum Gasteiger partial charge on any atom is 0.261 e. The van der Waals surface area contributed by atoms with E-state index < -0.39 is 15.9 Å². The molecule has 0 saturated heterocycles. The van der Waals surface area contributed by atoms with Crippen LogP contribution in [0, 0.1) is 0 Å². The third-order valence-electron chi connectivity index (χ3n) is 5.34. The topological polar surface area (TPSA) is 102 Å². The molecule has 1 amide bonds. The predicted molar refractivity (Wildman–Crippen MR) is 147 cm³/mol. The fourth-order valence-corrected chi connectivity index (χ4v) is 5.12. The van der Waals surface area contributed by atoms with Crippen LogP contribution in [0.4, 0.5) is 11.4 Å². The number of carbonyl (C=O) groups is 2. The molecular weight excluding hydrogens is 580 g/mol. The molecule has 0 saturated carbocycles. The lowest BCUT2D eigenvalue weighted by atomic mass is 10.0. The second-order valence-electron chi connectivity index (χ2n) is 7.81. The highest BCUT2D eigenvalue weighted by molar-refractivity contribution is 9.10. The normalized spacial score (nSPS) is 11.0. The third kappa shape index (κ3) is 6.19. The lowest BCUT2D eigenvalue weighted by molar-refractivity contribution is 0.102. The number of hydrogen-bond donors (Lipinski definition) is 2. The number of carbonyl (C=O) groups excluding carboxylic acids is 2. The van der Waals surface area contributed by atoms with Crippen molar-refractivity contribution in [2.45, 2.75) is 4.90 Å². The molecule has 188 valence electrons. The van der Waals surface area contributed by atoms with Crippen LogP contribution in [0.25, 0.3) is 0 Å². The Morgan fingerprint density at radius 1 is 0.865 bits per heavy atom. The maximum atomic E-state index is 13.2. The molecule has 0 radical (unpaired) electrons. The van der Waals surface area contributed by atoms with Crippen LogP contribution >= 0.6 is 27.5 Å². The minimum absolute atomic E-state index is 0.0424. The first-order valence-electron chi connectivity index (χ1n) is 10.8. The predicted octanol–water partition coefficient (Wildman–Crippen LogP) is 6.40. The first kappa shape index (κ1) is 26.4. The highest BCUT2D eigenvalue weighted by atomic mass is 79.9. The van der Waals surface area contributed by atoms with Crippen LogP contribution in [-0.4, -0.2) is 27.2 Å². The van der Waals surface area contributed by atoms with Gasteiger partial charge in [0.15, 0.2) is 5.78 Å². The molecule has 10 heteroatoms. The lowest BCUT2D eigenvalue weighted by Crippen LogP contribution is -2.17. The number of methoxy groups -OCH3 is 1. The summed E-state index contributed by atoms with van der Waals surface area (Å²) in [5.41, 5.74) is 1.21. The van der Waals surface area contributed by atoms with E-state index in [4.69, 9.17) is 16.3 Å². The van der Waals surface area contributed by atoms with Gasteiger partial charge in [-0.15, -0.1) is 0 Å². The van der Waals surface area contributed by atoms with Crippen molar-refractivity contribution in [1.29, 1.82) is 0 Å². The number of sulfonamides is 1. The lowest BCUT2D eigenvalue weighted by Gasteiger charge is -2.13. The molecule has 0 bridgehead atoms. The number of rotatable bonds is 8. The molecule has 4 rings (SSSR count). The van der Waals surface area contributed by atoms with E-state index in [0.717, 1.165) is 0 Å².